The van der Waals surface area contributed by atoms with Crippen molar-refractivity contribution in [1.29, 1.82) is 0 Å². The summed E-state index contributed by atoms with van der Waals surface area (Å²) in [4.78, 5) is 3.89. The Hall–Kier alpha value is -5.90. The Morgan fingerprint density at radius 1 is 0.531 bits per heavy atom. The molecule has 0 fully saturated rings. The summed E-state index contributed by atoms with van der Waals surface area (Å²) in [6.07, 6.45) is 6.87. The van der Waals surface area contributed by atoms with Crippen molar-refractivity contribution >= 4 is 77.3 Å². The van der Waals surface area contributed by atoms with Crippen LogP contribution in [0.1, 0.15) is 16.9 Å². The molecule has 232 valence electrons. The Labute approximate surface area is 288 Å². The number of furan rings is 1. The standard InChI is InChI=1S/C46H31NOS/c1-2-14-36-30(10-1)11-8-17-37(36)32-12-7-13-34(28-32)47(35-26-27-45-42(29-35)40-16-4-6-21-44(40)49-45)33-24-22-31(23-25-33)38-18-9-19-41-39-15-3-5-20-43(39)48-46(38)41/h1-5,7-20,22-29H,6,21H2. The predicted molar refractivity (Wildman–Crippen MR) is 210 cm³/mol. The zero-order valence-corrected chi connectivity index (χ0v) is 27.6. The van der Waals surface area contributed by atoms with Crippen LogP contribution in [-0.2, 0) is 6.42 Å². The highest BCUT2D eigenvalue weighted by molar-refractivity contribution is 7.19. The fourth-order valence-electron chi connectivity index (χ4n) is 7.58. The molecule has 7 aromatic carbocycles. The molecule has 1 aliphatic carbocycles. The van der Waals surface area contributed by atoms with Crippen LogP contribution in [0, 0.1) is 0 Å². The number of fused-ring (bicyclic) bond motifs is 7. The van der Waals surface area contributed by atoms with E-state index >= 15 is 0 Å². The van der Waals surface area contributed by atoms with Crippen molar-refractivity contribution in [2.45, 2.75) is 12.8 Å². The number of anilines is 3. The van der Waals surface area contributed by atoms with Gasteiger partial charge in [-0.1, -0.05) is 115 Å². The molecule has 2 heterocycles. The van der Waals surface area contributed by atoms with Gasteiger partial charge in [-0.3, -0.25) is 0 Å². The molecule has 0 atom stereocenters. The summed E-state index contributed by atoms with van der Waals surface area (Å²) in [6, 6.07) is 54.8. The number of aryl methyl sites for hydroxylation is 1. The average molecular weight is 646 g/mol. The van der Waals surface area contributed by atoms with E-state index in [-0.39, 0.29) is 0 Å². The SMILES string of the molecule is C1=Cc2c(sc3ccc(N(c4ccc(-c5cccc6c5oc5ccccc56)cc4)c4cccc(-c5cccc6ccccc56)c4)cc23)CC1. The van der Waals surface area contributed by atoms with Crippen LogP contribution in [0.2, 0.25) is 0 Å². The van der Waals surface area contributed by atoms with Crippen molar-refractivity contribution in [2.24, 2.45) is 0 Å². The smallest absolute Gasteiger partial charge is 0.143 e. The summed E-state index contributed by atoms with van der Waals surface area (Å²) in [5, 5.41) is 6.13. The van der Waals surface area contributed by atoms with Crippen molar-refractivity contribution < 1.29 is 4.42 Å². The summed E-state index contributed by atoms with van der Waals surface area (Å²) >= 11 is 1.94. The molecule has 0 unspecified atom stereocenters. The third kappa shape index (κ3) is 4.69. The molecule has 0 bridgehead atoms. The molecule has 0 radical (unpaired) electrons. The quantitative estimate of drug-likeness (QED) is 0.185. The molecule has 10 rings (SSSR count). The van der Waals surface area contributed by atoms with Gasteiger partial charge in [-0.15, -0.1) is 11.3 Å². The van der Waals surface area contributed by atoms with E-state index in [4.69, 9.17) is 4.42 Å². The molecule has 49 heavy (non-hydrogen) atoms. The van der Waals surface area contributed by atoms with Gasteiger partial charge in [-0.25, -0.2) is 0 Å². The molecule has 0 aliphatic heterocycles. The number of allylic oxidation sites excluding steroid dienone is 1. The maximum Gasteiger partial charge on any atom is 0.143 e. The highest BCUT2D eigenvalue weighted by Crippen LogP contribution is 2.43. The maximum absolute atomic E-state index is 6.40. The summed E-state index contributed by atoms with van der Waals surface area (Å²) < 4.78 is 7.75. The van der Waals surface area contributed by atoms with Gasteiger partial charge in [0.1, 0.15) is 11.2 Å². The average Bonchev–Trinajstić information content (AvgIpc) is 3.74. The number of hydrogen-bond donors (Lipinski definition) is 0. The van der Waals surface area contributed by atoms with Crippen molar-refractivity contribution in [1.82, 2.24) is 0 Å². The summed E-state index contributed by atoms with van der Waals surface area (Å²) in [7, 11) is 0. The fourth-order valence-corrected chi connectivity index (χ4v) is 8.77. The van der Waals surface area contributed by atoms with Crippen LogP contribution in [0.3, 0.4) is 0 Å². The van der Waals surface area contributed by atoms with Crippen LogP contribution in [0.5, 0.6) is 0 Å². The van der Waals surface area contributed by atoms with Crippen LogP contribution in [0.25, 0.3) is 71.1 Å². The maximum atomic E-state index is 6.40. The third-order valence-electron chi connectivity index (χ3n) is 9.91. The minimum absolute atomic E-state index is 0.916. The van der Waals surface area contributed by atoms with Crippen LogP contribution < -0.4 is 4.90 Å². The monoisotopic (exact) mass is 645 g/mol. The highest BCUT2D eigenvalue weighted by atomic mass is 32.1. The number of para-hydroxylation sites is 2. The van der Waals surface area contributed by atoms with Gasteiger partial charge in [0.2, 0.25) is 0 Å². The van der Waals surface area contributed by atoms with Crippen molar-refractivity contribution in [3.8, 4) is 22.3 Å². The normalized spacial score (nSPS) is 12.7. The van der Waals surface area contributed by atoms with Crippen molar-refractivity contribution in [3.63, 3.8) is 0 Å². The molecule has 0 amide bonds. The van der Waals surface area contributed by atoms with E-state index in [0.717, 1.165) is 63.0 Å². The van der Waals surface area contributed by atoms with Gasteiger partial charge < -0.3 is 9.32 Å². The molecule has 2 nitrogen and oxygen atoms in total. The first-order valence-corrected chi connectivity index (χ1v) is 17.7. The fraction of sp³-hybridized carbons (Fsp3) is 0.0435. The second-order valence-corrected chi connectivity index (χ2v) is 13.9. The molecular weight excluding hydrogens is 615 g/mol. The zero-order chi connectivity index (χ0) is 32.3. The number of benzene rings is 7. The Morgan fingerprint density at radius 2 is 1.27 bits per heavy atom. The van der Waals surface area contributed by atoms with Gasteiger partial charge in [0.25, 0.3) is 0 Å². The minimum Gasteiger partial charge on any atom is -0.455 e. The molecular formula is C46H31NOS. The van der Waals surface area contributed by atoms with E-state index in [0.29, 0.717) is 0 Å². The molecule has 9 aromatic rings. The minimum atomic E-state index is 0.916. The highest BCUT2D eigenvalue weighted by Gasteiger charge is 2.19. The summed E-state index contributed by atoms with van der Waals surface area (Å²) in [5.74, 6) is 0. The summed E-state index contributed by atoms with van der Waals surface area (Å²) in [6.45, 7) is 0. The van der Waals surface area contributed by atoms with E-state index < -0.39 is 0 Å². The summed E-state index contributed by atoms with van der Waals surface area (Å²) in [5.41, 5.74) is 11.3. The number of nitrogens with zero attached hydrogens (tertiary/aromatic N) is 1. The molecule has 0 saturated heterocycles. The van der Waals surface area contributed by atoms with Gasteiger partial charge in [-0.2, -0.15) is 0 Å². The van der Waals surface area contributed by atoms with Crippen LogP contribution in [-0.4, -0.2) is 0 Å². The number of thiophene rings is 1. The lowest BCUT2D eigenvalue weighted by atomic mass is 9.97. The van der Waals surface area contributed by atoms with Gasteiger partial charge in [0.15, 0.2) is 0 Å². The molecule has 0 spiro atoms. The lowest BCUT2D eigenvalue weighted by molar-refractivity contribution is 0.670. The van der Waals surface area contributed by atoms with Gasteiger partial charge in [-0.05, 0) is 94.4 Å². The first-order chi connectivity index (χ1) is 24.3. The van der Waals surface area contributed by atoms with E-state index in [1.807, 2.05) is 23.5 Å². The lowest BCUT2D eigenvalue weighted by Gasteiger charge is -2.26. The van der Waals surface area contributed by atoms with Crippen LogP contribution in [0.15, 0.2) is 162 Å². The Kier molecular flexibility index (Phi) is 6.53. The third-order valence-corrected chi connectivity index (χ3v) is 11.2. The van der Waals surface area contributed by atoms with Crippen LogP contribution in [0.4, 0.5) is 17.1 Å². The lowest BCUT2D eigenvalue weighted by Crippen LogP contribution is -2.10. The van der Waals surface area contributed by atoms with Gasteiger partial charge in [0.05, 0.1) is 0 Å². The van der Waals surface area contributed by atoms with E-state index in [9.17, 15) is 0 Å². The number of rotatable bonds is 5. The zero-order valence-electron chi connectivity index (χ0n) is 26.8. The Balaban J connectivity index is 1.13. The molecule has 2 aromatic heterocycles. The van der Waals surface area contributed by atoms with Gasteiger partial charge >= 0.3 is 0 Å². The molecule has 0 saturated carbocycles. The topological polar surface area (TPSA) is 16.4 Å². The molecule has 0 N–H and O–H groups in total. The van der Waals surface area contributed by atoms with E-state index in [1.54, 1.807) is 0 Å². The molecule has 3 heteroatoms. The first-order valence-electron chi connectivity index (χ1n) is 16.9. The van der Waals surface area contributed by atoms with E-state index in [1.165, 1.54) is 42.4 Å². The first kappa shape index (κ1) is 28.1. The van der Waals surface area contributed by atoms with Crippen molar-refractivity contribution in [3.05, 3.63) is 168 Å². The van der Waals surface area contributed by atoms with Gasteiger partial charge in [0, 0.05) is 48.4 Å². The number of hydrogen-bond acceptors (Lipinski definition) is 3. The molecule has 1 aliphatic rings. The largest absolute Gasteiger partial charge is 0.455 e. The second kappa shape index (κ2) is 11.4. The Bertz CT molecular complexity index is 2720. The van der Waals surface area contributed by atoms with E-state index in [2.05, 4.69) is 157 Å². The Morgan fingerprint density at radius 3 is 2.20 bits per heavy atom. The van der Waals surface area contributed by atoms with Crippen molar-refractivity contribution in [2.75, 3.05) is 4.90 Å². The second-order valence-electron chi connectivity index (χ2n) is 12.8. The predicted octanol–water partition coefficient (Wildman–Crippen LogP) is 13.7. The van der Waals surface area contributed by atoms with Crippen LogP contribution >= 0.6 is 11.3 Å².